The number of hydrogen-bond donors (Lipinski definition) is 5. The molecule has 1 aliphatic rings. The van der Waals surface area contributed by atoms with Crippen LogP contribution < -0.4 is 16.2 Å². The third kappa shape index (κ3) is 3.91. The van der Waals surface area contributed by atoms with E-state index in [4.69, 9.17) is 4.74 Å². The number of amides is 3. The second-order valence-corrected chi connectivity index (χ2v) is 6.11. The summed E-state index contributed by atoms with van der Waals surface area (Å²) in [6, 6.07) is -0.753. The molecule has 29 heavy (non-hydrogen) atoms. The summed E-state index contributed by atoms with van der Waals surface area (Å²) in [6.07, 6.45) is -3.30. The number of imidazole rings is 1. The molecular formula is C14H18N8O7. The monoisotopic (exact) mass is 410 g/mol. The molecule has 4 atom stereocenters. The van der Waals surface area contributed by atoms with E-state index in [2.05, 4.69) is 30.9 Å². The predicted molar refractivity (Wildman–Crippen MR) is 94.0 cm³/mol. The summed E-state index contributed by atoms with van der Waals surface area (Å²) in [6.45, 7) is -0.0480. The molecule has 0 aromatic carbocycles. The first-order chi connectivity index (χ1) is 13.8. The van der Waals surface area contributed by atoms with Crippen molar-refractivity contribution >= 4 is 23.1 Å². The van der Waals surface area contributed by atoms with Crippen LogP contribution in [-0.2, 0) is 9.53 Å². The van der Waals surface area contributed by atoms with Crippen LogP contribution in [0.15, 0.2) is 22.7 Å². The van der Waals surface area contributed by atoms with Crippen molar-refractivity contribution in [2.24, 2.45) is 5.29 Å². The lowest BCUT2D eigenvalue weighted by atomic mass is 10.1. The highest BCUT2D eigenvalue weighted by Gasteiger charge is 2.47. The maximum atomic E-state index is 12.3. The van der Waals surface area contributed by atoms with Gasteiger partial charge in [-0.05, 0) is 0 Å². The Morgan fingerprint density at radius 2 is 2.03 bits per heavy atom. The van der Waals surface area contributed by atoms with E-state index in [-0.39, 0.29) is 24.3 Å². The van der Waals surface area contributed by atoms with Crippen molar-refractivity contribution in [3.05, 3.63) is 27.9 Å². The van der Waals surface area contributed by atoms with Gasteiger partial charge in [0.05, 0.1) is 17.9 Å². The van der Waals surface area contributed by atoms with Crippen LogP contribution in [0.3, 0.4) is 0 Å². The molecule has 3 amide bonds. The third-order valence-corrected chi connectivity index (χ3v) is 4.25. The van der Waals surface area contributed by atoms with Gasteiger partial charge in [-0.15, -0.1) is 4.91 Å². The number of aromatic nitrogens is 4. The number of aromatic amines is 1. The smallest absolute Gasteiger partial charge is 0.340 e. The topological polar surface area (TPSA) is 204 Å². The van der Waals surface area contributed by atoms with Crippen molar-refractivity contribution in [3.8, 4) is 0 Å². The van der Waals surface area contributed by atoms with Crippen LogP contribution in [0.4, 0.5) is 4.79 Å². The van der Waals surface area contributed by atoms with Crippen molar-refractivity contribution in [1.82, 2.24) is 35.2 Å². The fraction of sp³-hybridized carbons (Fsp3) is 0.500. The van der Waals surface area contributed by atoms with Crippen molar-refractivity contribution in [2.75, 3.05) is 20.1 Å². The lowest BCUT2D eigenvalue weighted by Crippen LogP contribution is -2.45. The van der Waals surface area contributed by atoms with Crippen LogP contribution in [0.25, 0.3) is 11.2 Å². The number of nitrogens with one attached hydrogen (secondary N) is 3. The Bertz CT molecular complexity index is 974. The predicted octanol–water partition coefficient (Wildman–Crippen LogP) is -2.82. The summed E-state index contributed by atoms with van der Waals surface area (Å²) in [5.74, 6) is -0.731. The summed E-state index contributed by atoms with van der Waals surface area (Å²) in [7, 11) is 1.16. The zero-order valence-electron chi connectivity index (χ0n) is 15.1. The summed E-state index contributed by atoms with van der Waals surface area (Å²) in [4.78, 5) is 55.8. The Labute approximate surface area is 161 Å². The van der Waals surface area contributed by atoms with E-state index in [1.807, 2.05) is 0 Å². The molecule has 0 radical (unpaired) electrons. The Morgan fingerprint density at radius 1 is 1.31 bits per heavy atom. The minimum Gasteiger partial charge on any atom is -0.387 e. The summed E-state index contributed by atoms with van der Waals surface area (Å²) < 4.78 is 6.72. The molecule has 1 aliphatic heterocycles. The summed E-state index contributed by atoms with van der Waals surface area (Å²) >= 11 is 0. The van der Waals surface area contributed by atoms with E-state index in [0.717, 1.165) is 13.4 Å². The molecule has 156 valence electrons. The summed E-state index contributed by atoms with van der Waals surface area (Å²) in [5.41, 5.74) is -0.369. The molecule has 0 aliphatic carbocycles. The number of aliphatic hydroxyl groups is 2. The molecule has 0 saturated carbocycles. The number of rotatable bonds is 6. The Balaban J connectivity index is 1.62. The van der Waals surface area contributed by atoms with Crippen LogP contribution in [0, 0.1) is 4.91 Å². The van der Waals surface area contributed by atoms with Gasteiger partial charge in [-0.25, -0.2) is 14.8 Å². The van der Waals surface area contributed by atoms with Crippen molar-refractivity contribution in [2.45, 2.75) is 24.5 Å². The van der Waals surface area contributed by atoms with E-state index < -0.39 is 42.0 Å². The molecule has 1 unspecified atom stereocenters. The zero-order chi connectivity index (χ0) is 21.1. The Morgan fingerprint density at radius 3 is 2.76 bits per heavy atom. The number of ether oxygens (including phenoxy) is 1. The van der Waals surface area contributed by atoms with Gasteiger partial charge in [0.1, 0.15) is 12.2 Å². The van der Waals surface area contributed by atoms with E-state index in [9.17, 15) is 29.5 Å². The highest BCUT2D eigenvalue weighted by atomic mass is 16.6. The fourth-order valence-electron chi connectivity index (χ4n) is 2.76. The van der Waals surface area contributed by atoms with E-state index in [1.54, 1.807) is 0 Å². The number of H-pyrrole nitrogens is 1. The molecule has 0 spiro atoms. The van der Waals surface area contributed by atoms with Crippen molar-refractivity contribution in [3.63, 3.8) is 0 Å². The third-order valence-electron chi connectivity index (χ3n) is 4.25. The van der Waals surface area contributed by atoms with Crippen LogP contribution in [0.5, 0.6) is 0 Å². The fourth-order valence-corrected chi connectivity index (χ4v) is 2.76. The van der Waals surface area contributed by atoms with Crippen LogP contribution >= 0.6 is 0 Å². The van der Waals surface area contributed by atoms with Crippen molar-refractivity contribution < 1.29 is 24.5 Å². The van der Waals surface area contributed by atoms with Gasteiger partial charge in [0.2, 0.25) is 0 Å². The SMILES string of the molecule is CN(N=O)C(=O)NCCNC(=O)[C@H]1OC(n2cnc3c(=O)[nH]cnc32)[C@H](O)[C@@H]1O. The van der Waals surface area contributed by atoms with Gasteiger partial charge in [-0.2, -0.15) is 5.01 Å². The quantitative estimate of drug-likeness (QED) is 0.189. The largest absolute Gasteiger partial charge is 0.387 e. The Kier molecular flexibility index (Phi) is 5.81. The normalized spacial score (nSPS) is 23.7. The zero-order valence-corrected chi connectivity index (χ0v) is 15.1. The number of nitrogens with zero attached hydrogens (tertiary/aromatic N) is 5. The molecule has 1 saturated heterocycles. The molecule has 3 heterocycles. The van der Waals surface area contributed by atoms with E-state index in [0.29, 0.717) is 5.01 Å². The molecule has 5 N–H and O–H groups in total. The lowest BCUT2D eigenvalue weighted by molar-refractivity contribution is -0.137. The standard InChI is InChI=1S/C14H18N8O7/c1-21(20-28)14(27)16-3-2-15-12(26)9-7(23)8(24)13(29-9)22-5-19-6-10(22)17-4-18-11(6)25/h4-5,7-9,13,23-24H,2-3H2,1H3,(H,15,26)(H,16,27)(H,17,18,25)/t7-,8+,9-,13?/m0/s1. The van der Waals surface area contributed by atoms with E-state index in [1.165, 1.54) is 10.9 Å². The molecule has 15 nitrogen and oxygen atoms in total. The lowest BCUT2D eigenvalue weighted by Gasteiger charge is -2.16. The van der Waals surface area contributed by atoms with Crippen LogP contribution in [0.1, 0.15) is 6.23 Å². The number of nitroso groups, excluding NO2 is 1. The Hall–Kier alpha value is -3.43. The number of urea groups is 1. The molecule has 1 fully saturated rings. The number of aliphatic hydroxyl groups excluding tert-OH is 2. The second kappa shape index (κ2) is 8.29. The molecular weight excluding hydrogens is 392 g/mol. The molecule has 2 aromatic heterocycles. The molecule has 3 rings (SSSR count). The molecule has 2 aromatic rings. The van der Waals surface area contributed by atoms with Gasteiger partial charge in [-0.1, -0.05) is 0 Å². The number of fused-ring (bicyclic) bond motifs is 1. The minimum absolute atomic E-state index is 0.0104. The van der Waals surface area contributed by atoms with Gasteiger partial charge in [0.25, 0.3) is 11.5 Å². The van der Waals surface area contributed by atoms with Crippen molar-refractivity contribution in [1.29, 1.82) is 0 Å². The van der Waals surface area contributed by atoms with E-state index >= 15 is 0 Å². The number of carbonyl (C=O) groups excluding carboxylic acids is 2. The second-order valence-electron chi connectivity index (χ2n) is 6.11. The molecule has 0 bridgehead atoms. The van der Waals surface area contributed by atoms with Gasteiger partial charge in [0, 0.05) is 20.1 Å². The average Bonchev–Trinajstić information content (AvgIpc) is 3.27. The van der Waals surface area contributed by atoms with Gasteiger partial charge >= 0.3 is 6.03 Å². The maximum Gasteiger partial charge on any atom is 0.340 e. The number of carbonyl (C=O) groups is 2. The average molecular weight is 410 g/mol. The van der Waals surface area contributed by atoms with Gasteiger partial charge in [0.15, 0.2) is 23.5 Å². The van der Waals surface area contributed by atoms with Crippen LogP contribution in [-0.4, -0.2) is 85.1 Å². The van der Waals surface area contributed by atoms with Gasteiger partial charge < -0.3 is 30.6 Å². The first-order valence-corrected chi connectivity index (χ1v) is 8.39. The van der Waals surface area contributed by atoms with Crippen LogP contribution in [0.2, 0.25) is 0 Å². The summed E-state index contributed by atoms with van der Waals surface area (Å²) in [5, 5.41) is 28.2. The number of hydrogen-bond acceptors (Lipinski definition) is 10. The highest BCUT2D eigenvalue weighted by molar-refractivity contribution is 5.82. The minimum atomic E-state index is -1.56. The first kappa shape index (κ1) is 20.3. The highest BCUT2D eigenvalue weighted by Crippen LogP contribution is 2.30. The maximum absolute atomic E-state index is 12.3. The molecule has 15 heteroatoms. The first-order valence-electron chi connectivity index (χ1n) is 8.39. The van der Waals surface area contributed by atoms with Gasteiger partial charge in [-0.3, -0.25) is 14.2 Å².